The lowest BCUT2D eigenvalue weighted by Gasteiger charge is -2.03. The van der Waals surface area contributed by atoms with Crippen molar-refractivity contribution in [3.05, 3.63) is 59.9 Å². The topological polar surface area (TPSA) is 49.9 Å². The maximum absolute atomic E-state index is 12.7. The predicted octanol–water partition coefficient (Wildman–Crippen LogP) is 2.58. The molecule has 3 heteroatoms. The third-order valence-electron chi connectivity index (χ3n) is 2.27. The molecule has 0 aliphatic rings. The molecule has 79 valence electrons. The van der Waals surface area contributed by atoms with Crippen molar-refractivity contribution < 1.29 is 4.39 Å². The van der Waals surface area contributed by atoms with Crippen molar-refractivity contribution in [3.63, 3.8) is 0 Å². The normalized spacial score (nSPS) is 10.1. The highest BCUT2D eigenvalue weighted by molar-refractivity contribution is 5.96. The van der Waals surface area contributed by atoms with Gasteiger partial charge in [0.2, 0.25) is 0 Å². The molecule has 0 fully saturated rings. The number of nitrogens with one attached hydrogen (secondary N) is 1. The Morgan fingerprint density at radius 2 is 1.88 bits per heavy atom. The summed E-state index contributed by atoms with van der Waals surface area (Å²) in [5.74, 6) is -0.260. The molecule has 3 N–H and O–H groups in total. The van der Waals surface area contributed by atoms with E-state index in [1.807, 2.05) is 0 Å². The lowest BCUT2D eigenvalue weighted by atomic mass is 10.0. The minimum atomic E-state index is -0.272. The van der Waals surface area contributed by atoms with Crippen LogP contribution in [0.2, 0.25) is 0 Å². The average molecular weight is 213 g/mol. The van der Waals surface area contributed by atoms with E-state index in [9.17, 15) is 4.39 Å². The standard InChI is InChI=1S/C13H10FN2/c14-12-6-4-9(5-7-12)10-2-1-3-11(8-10)13(15)16/h1,3-8H,(H3,15,16). The van der Waals surface area contributed by atoms with E-state index in [0.29, 0.717) is 5.56 Å². The molecule has 0 heterocycles. The zero-order valence-electron chi connectivity index (χ0n) is 8.50. The van der Waals surface area contributed by atoms with Gasteiger partial charge in [-0.25, -0.2) is 4.39 Å². The highest BCUT2D eigenvalue weighted by atomic mass is 19.1. The molecule has 0 atom stereocenters. The van der Waals surface area contributed by atoms with Crippen LogP contribution in [0.25, 0.3) is 11.1 Å². The van der Waals surface area contributed by atoms with Gasteiger partial charge in [0.1, 0.15) is 11.7 Å². The van der Waals surface area contributed by atoms with Crippen molar-refractivity contribution in [1.82, 2.24) is 0 Å². The molecule has 0 aliphatic carbocycles. The van der Waals surface area contributed by atoms with E-state index in [1.54, 1.807) is 30.3 Å². The van der Waals surface area contributed by atoms with Crippen LogP contribution in [0.15, 0.2) is 42.5 Å². The summed E-state index contributed by atoms with van der Waals surface area (Å²) in [5, 5.41) is 7.33. The molecule has 0 spiro atoms. The average Bonchev–Trinajstić information content (AvgIpc) is 2.30. The lowest BCUT2D eigenvalue weighted by Crippen LogP contribution is -2.10. The van der Waals surface area contributed by atoms with E-state index in [1.165, 1.54) is 12.1 Å². The Balaban J connectivity index is 2.44. The first-order chi connectivity index (χ1) is 7.66. The second kappa shape index (κ2) is 4.14. The predicted molar refractivity (Wildman–Crippen MR) is 61.7 cm³/mol. The van der Waals surface area contributed by atoms with Crippen molar-refractivity contribution in [2.75, 3.05) is 0 Å². The summed E-state index contributed by atoms with van der Waals surface area (Å²) in [5.41, 5.74) is 7.68. The van der Waals surface area contributed by atoms with Crippen LogP contribution in [-0.4, -0.2) is 5.84 Å². The van der Waals surface area contributed by atoms with Crippen LogP contribution in [0.1, 0.15) is 5.56 Å². The molecule has 1 radical (unpaired) electrons. The van der Waals surface area contributed by atoms with Crippen LogP contribution in [0.3, 0.4) is 0 Å². The van der Waals surface area contributed by atoms with Crippen molar-refractivity contribution >= 4 is 5.84 Å². The number of nitrogen functional groups attached to an aromatic ring is 1. The van der Waals surface area contributed by atoms with Gasteiger partial charge >= 0.3 is 0 Å². The summed E-state index contributed by atoms with van der Waals surface area (Å²) in [7, 11) is 0. The number of benzene rings is 2. The van der Waals surface area contributed by atoms with E-state index >= 15 is 0 Å². The summed E-state index contributed by atoms with van der Waals surface area (Å²) in [6.07, 6.45) is 0. The zero-order valence-corrected chi connectivity index (χ0v) is 8.50. The van der Waals surface area contributed by atoms with Crippen LogP contribution in [0.4, 0.5) is 4.39 Å². The zero-order chi connectivity index (χ0) is 11.5. The Kier molecular flexibility index (Phi) is 2.68. The Bertz CT molecular complexity index is 518. The maximum atomic E-state index is 12.7. The van der Waals surface area contributed by atoms with Crippen LogP contribution >= 0.6 is 0 Å². The fourth-order valence-corrected chi connectivity index (χ4v) is 1.43. The van der Waals surface area contributed by atoms with Gasteiger partial charge < -0.3 is 5.73 Å². The van der Waals surface area contributed by atoms with Gasteiger partial charge in [-0.05, 0) is 35.4 Å². The van der Waals surface area contributed by atoms with Crippen LogP contribution < -0.4 is 5.73 Å². The number of hydrogen-bond donors (Lipinski definition) is 2. The van der Waals surface area contributed by atoms with E-state index in [-0.39, 0.29) is 11.7 Å². The summed E-state index contributed by atoms with van der Waals surface area (Å²) in [6, 6.07) is 14.3. The third-order valence-corrected chi connectivity index (χ3v) is 2.27. The van der Waals surface area contributed by atoms with E-state index in [4.69, 9.17) is 11.1 Å². The summed E-state index contributed by atoms with van der Waals surface area (Å²) in [6.45, 7) is 0. The first kappa shape index (κ1) is 10.4. The smallest absolute Gasteiger partial charge is 0.123 e. The highest BCUT2D eigenvalue weighted by Gasteiger charge is 2.01. The van der Waals surface area contributed by atoms with Crippen molar-refractivity contribution in [2.45, 2.75) is 0 Å². The summed E-state index contributed by atoms with van der Waals surface area (Å²) >= 11 is 0. The number of halogens is 1. The lowest BCUT2D eigenvalue weighted by molar-refractivity contribution is 0.628. The molecular weight excluding hydrogens is 203 g/mol. The van der Waals surface area contributed by atoms with E-state index < -0.39 is 0 Å². The SMILES string of the molecule is N=C(N)c1cc[c]c(-c2ccc(F)cc2)c1. The van der Waals surface area contributed by atoms with Gasteiger partial charge in [-0.15, -0.1) is 0 Å². The van der Waals surface area contributed by atoms with Gasteiger partial charge in [0.15, 0.2) is 0 Å². The second-order valence-corrected chi connectivity index (χ2v) is 3.41. The molecule has 2 aromatic carbocycles. The van der Waals surface area contributed by atoms with Gasteiger partial charge in [0, 0.05) is 5.56 Å². The molecule has 0 aliphatic heterocycles. The van der Waals surface area contributed by atoms with Crippen molar-refractivity contribution in [1.29, 1.82) is 5.41 Å². The number of nitrogens with two attached hydrogens (primary N) is 1. The maximum Gasteiger partial charge on any atom is 0.123 e. The van der Waals surface area contributed by atoms with Crippen molar-refractivity contribution in [3.8, 4) is 11.1 Å². The molecule has 0 bridgehead atoms. The Labute approximate surface area is 93.0 Å². The van der Waals surface area contributed by atoms with Gasteiger partial charge in [-0.2, -0.15) is 0 Å². The first-order valence-corrected chi connectivity index (χ1v) is 4.79. The molecule has 2 rings (SSSR count). The molecule has 2 aromatic rings. The first-order valence-electron chi connectivity index (χ1n) is 4.79. The number of hydrogen-bond acceptors (Lipinski definition) is 1. The van der Waals surface area contributed by atoms with Gasteiger partial charge in [0.25, 0.3) is 0 Å². The molecule has 0 aromatic heterocycles. The van der Waals surface area contributed by atoms with Crippen LogP contribution in [-0.2, 0) is 0 Å². The quantitative estimate of drug-likeness (QED) is 0.584. The molecule has 16 heavy (non-hydrogen) atoms. The van der Waals surface area contributed by atoms with Gasteiger partial charge in [0.05, 0.1) is 0 Å². The molecule has 0 saturated carbocycles. The summed E-state index contributed by atoms with van der Waals surface area (Å²) < 4.78 is 12.7. The largest absolute Gasteiger partial charge is 0.384 e. The molecular formula is C13H10FN2. The minimum absolute atomic E-state index is 0.0114. The second-order valence-electron chi connectivity index (χ2n) is 3.41. The Morgan fingerprint density at radius 3 is 2.50 bits per heavy atom. The number of rotatable bonds is 2. The van der Waals surface area contributed by atoms with E-state index in [0.717, 1.165) is 11.1 Å². The van der Waals surface area contributed by atoms with Crippen molar-refractivity contribution in [2.24, 2.45) is 5.73 Å². The molecule has 0 unspecified atom stereocenters. The monoisotopic (exact) mass is 213 g/mol. The molecule has 0 saturated heterocycles. The summed E-state index contributed by atoms with van der Waals surface area (Å²) in [4.78, 5) is 0. The fourth-order valence-electron chi connectivity index (χ4n) is 1.43. The minimum Gasteiger partial charge on any atom is -0.384 e. The van der Waals surface area contributed by atoms with Crippen LogP contribution in [0, 0.1) is 17.3 Å². The Hall–Kier alpha value is -2.16. The third kappa shape index (κ3) is 2.08. The van der Waals surface area contributed by atoms with Gasteiger partial charge in [-0.3, -0.25) is 5.41 Å². The molecule has 0 amide bonds. The van der Waals surface area contributed by atoms with E-state index in [2.05, 4.69) is 6.07 Å². The number of amidine groups is 1. The fraction of sp³-hybridized carbons (Fsp3) is 0. The Morgan fingerprint density at radius 1 is 1.19 bits per heavy atom. The molecule has 2 nitrogen and oxygen atoms in total. The van der Waals surface area contributed by atoms with Gasteiger partial charge in [-0.1, -0.05) is 24.3 Å². The highest BCUT2D eigenvalue weighted by Crippen LogP contribution is 2.19. The van der Waals surface area contributed by atoms with Crippen LogP contribution in [0.5, 0.6) is 0 Å².